The van der Waals surface area contributed by atoms with Crippen LogP contribution in [0.1, 0.15) is 85.0 Å². The van der Waals surface area contributed by atoms with Gasteiger partial charge in [0.2, 0.25) is 5.91 Å². The maximum absolute atomic E-state index is 12.9. The maximum atomic E-state index is 12.9. The Morgan fingerprint density at radius 1 is 0.636 bits per heavy atom. The van der Waals surface area contributed by atoms with E-state index < -0.39 is 0 Å². The quantitative estimate of drug-likeness (QED) is 0.173. The molecule has 4 heterocycles. The number of nitrogens with one attached hydrogen (secondary N) is 1. The van der Waals surface area contributed by atoms with Gasteiger partial charge in [0.15, 0.2) is 0 Å². The minimum atomic E-state index is 0.0412. The SMILES string of the molecule is CCCCCC(=O)Nc1ccc(N2CCC=C(N3CCOCC3)C2=O)cc1.CCCCCC(C)=O.Nc1ccc(N2CCC=C(N3CCOCC3)C2=O)cc1. The number of amides is 3. The molecule has 0 radical (unpaired) electrons. The highest BCUT2D eigenvalue weighted by atomic mass is 16.5. The molecule has 12 nitrogen and oxygen atoms in total. The van der Waals surface area contributed by atoms with Crippen molar-refractivity contribution in [2.45, 2.75) is 85.0 Å². The number of unbranched alkanes of at least 4 members (excludes halogenated alkanes) is 4. The van der Waals surface area contributed by atoms with Crippen LogP contribution in [0, 0.1) is 0 Å². The molecule has 3 N–H and O–H groups in total. The zero-order valence-electron chi connectivity index (χ0n) is 33.2. The van der Waals surface area contributed by atoms with Gasteiger partial charge in [0.05, 0.1) is 37.8 Å². The summed E-state index contributed by atoms with van der Waals surface area (Å²) in [6.07, 6.45) is 13.7. The van der Waals surface area contributed by atoms with E-state index in [0.29, 0.717) is 50.9 Å². The van der Waals surface area contributed by atoms with Crippen LogP contribution < -0.4 is 20.9 Å². The van der Waals surface area contributed by atoms with E-state index in [1.165, 1.54) is 12.8 Å². The molecule has 4 aliphatic heterocycles. The standard InChI is InChI=1S/C21H29N3O3.C15H19N3O2.C7H14O/c1-2-3-4-7-20(25)22-17-8-10-18(11-9-17)24-12-5-6-19(21(24)26)23-13-15-27-16-14-23;16-12-3-5-13(6-4-12)18-7-1-2-14(15(18)19)17-8-10-20-11-9-17;1-3-4-5-6-7(2)8/h6,8-11H,2-5,7,12-16H2,1H3,(H,22,25);2-6H,1,7-11,16H2;3-6H2,1-2H3. The normalized spacial score (nSPS) is 17.3. The molecule has 0 spiro atoms. The lowest BCUT2D eigenvalue weighted by atomic mass is 10.1. The summed E-state index contributed by atoms with van der Waals surface area (Å²) in [4.78, 5) is 55.7. The van der Waals surface area contributed by atoms with E-state index >= 15 is 0 Å². The molecular weight excluding hydrogens is 697 g/mol. The van der Waals surface area contributed by atoms with E-state index in [2.05, 4.69) is 29.0 Å². The van der Waals surface area contributed by atoms with Gasteiger partial charge in [-0.05, 0) is 81.1 Å². The lowest BCUT2D eigenvalue weighted by molar-refractivity contribution is -0.118. The third kappa shape index (κ3) is 13.8. The van der Waals surface area contributed by atoms with Gasteiger partial charge in [-0.2, -0.15) is 0 Å². The number of ether oxygens (including phenoxy) is 2. The van der Waals surface area contributed by atoms with Crippen LogP contribution in [0.4, 0.5) is 22.7 Å². The highest BCUT2D eigenvalue weighted by Gasteiger charge is 2.29. The van der Waals surface area contributed by atoms with Crippen LogP contribution in [0.3, 0.4) is 0 Å². The van der Waals surface area contributed by atoms with Crippen LogP contribution in [-0.4, -0.2) is 99.0 Å². The van der Waals surface area contributed by atoms with Gasteiger partial charge < -0.3 is 44.9 Å². The molecule has 0 saturated carbocycles. The summed E-state index contributed by atoms with van der Waals surface area (Å²) in [5.74, 6) is 0.476. The number of hydrogen-bond donors (Lipinski definition) is 2. The van der Waals surface area contributed by atoms with E-state index in [1.54, 1.807) is 6.92 Å². The Kier molecular flexibility index (Phi) is 18.2. The fraction of sp³-hybridized carbons (Fsp3) is 0.535. The Hall–Kier alpha value is -4.68. The van der Waals surface area contributed by atoms with Crippen LogP contribution in [0.5, 0.6) is 0 Å². The molecule has 2 saturated heterocycles. The van der Waals surface area contributed by atoms with Crippen LogP contribution in [0.2, 0.25) is 0 Å². The summed E-state index contributed by atoms with van der Waals surface area (Å²) in [5.41, 5.74) is 10.5. The average Bonchev–Trinajstić information content (AvgIpc) is 3.20. The molecule has 55 heavy (non-hydrogen) atoms. The van der Waals surface area contributed by atoms with E-state index in [4.69, 9.17) is 15.2 Å². The van der Waals surface area contributed by atoms with Crippen LogP contribution in [-0.2, 0) is 28.7 Å². The predicted molar refractivity (Wildman–Crippen MR) is 220 cm³/mol. The average molecular weight is 759 g/mol. The molecule has 12 heteroatoms. The highest BCUT2D eigenvalue weighted by molar-refractivity contribution is 6.07. The second-order valence-electron chi connectivity index (χ2n) is 14.2. The third-order valence-corrected chi connectivity index (χ3v) is 9.82. The van der Waals surface area contributed by atoms with Crippen LogP contribution in [0.25, 0.3) is 0 Å². The second kappa shape index (κ2) is 23.3. The van der Waals surface area contributed by atoms with Crippen LogP contribution >= 0.6 is 0 Å². The Morgan fingerprint density at radius 3 is 1.51 bits per heavy atom. The molecule has 2 aromatic carbocycles. The number of ketones is 1. The predicted octanol–water partition coefficient (Wildman–Crippen LogP) is 6.54. The summed E-state index contributed by atoms with van der Waals surface area (Å²) >= 11 is 0. The van der Waals surface area contributed by atoms with Crippen molar-refractivity contribution in [1.29, 1.82) is 0 Å². The summed E-state index contributed by atoms with van der Waals surface area (Å²) in [6, 6.07) is 15.0. The lowest BCUT2D eigenvalue weighted by Gasteiger charge is -2.35. The van der Waals surface area contributed by atoms with Crippen molar-refractivity contribution < 1.29 is 28.7 Å². The smallest absolute Gasteiger partial charge is 0.274 e. The fourth-order valence-electron chi connectivity index (χ4n) is 6.71. The van der Waals surface area contributed by atoms with Gasteiger partial charge >= 0.3 is 0 Å². The molecule has 0 aromatic heterocycles. The minimum absolute atomic E-state index is 0.0412. The zero-order valence-corrected chi connectivity index (χ0v) is 33.2. The van der Waals surface area contributed by atoms with Gasteiger partial charge in [-0.1, -0.05) is 51.7 Å². The largest absolute Gasteiger partial charge is 0.399 e. The number of nitrogen functional groups attached to an aromatic ring is 1. The van der Waals surface area contributed by atoms with Gasteiger partial charge in [0.1, 0.15) is 5.78 Å². The first-order chi connectivity index (χ1) is 26.7. The van der Waals surface area contributed by atoms with Gasteiger partial charge in [-0.15, -0.1) is 0 Å². The van der Waals surface area contributed by atoms with Crippen molar-refractivity contribution in [3.63, 3.8) is 0 Å². The number of carbonyl (C=O) groups excluding carboxylic acids is 4. The number of anilines is 4. The van der Waals surface area contributed by atoms with Crippen molar-refractivity contribution in [3.8, 4) is 0 Å². The molecule has 2 fully saturated rings. The molecular formula is C43H62N6O6. The number of morpholine rings is 2. The van der Waals surface area contributed by atoms with Crippen LogP contribution in [0.15, 0.2) is 72.1 Å². The third-order valence-electron chi connectivity index (χ3n) is 9.82. The number of hydrogen-bond acceptors (Lipinski definition) is 9. The molecule has 0 atom stereocenters. The summed E-state index contributed by atoms with van der Waals surface area (Å²) in [5, 5.41) is 2.93. The molecule has 0 bridgehead atoms. The second-order valence-corrected chi connectivity index (χ2v) is 14.2. The van der Waals surface area contributed by atoms with Gasteiger partial charge in [-0.25, -0.2) is 0 Å². The van der Waals surface area contributed by atoms with Crippen molar-refractivity contribution >= 4 is 46.3 Å². The molecule has 4 aliphatic rings. The number of Topliss-reactive ketones (excluding diaryl/α,β-unsaturated/α-hetero) is 1. The first kappa shape index (κ1) is 43.1. The number of benzene rings is 2. The molecule has 3 amide bonds. The Labute approximate surface area is 327 Å². The molecule has 0 aliphatic carbocycles. The first-order valence-electron chi connectivity index (χ1n) is 20.2. The van der Waals surface area contributed by atoms with Gasteiger partial charge in [-0.3, -0.25) is 14.4 Å². The molecule has 0 unspecified atom stereocenters. The van der Waals surface area contributed by atoms with Crippen molar-refractivity contribution in [3.05, 3.63) is 72.1 Å². The molecule has 6 rings (SSSR count). The highest BCUT2D eigenvalue weighted by Crippen LogP contribution is 2.26. The Morgan fingerprint density at radius 2 is 1.07 bits per heavy atom. The first-order valence-corrected chi connectivity index (χ1v) is 20.2. The lowest BCUT2D eigenvalue weighted by Crippen LogP contribution is -2.45. The number of rotatable bonds is 13. The molecule has 300 valence electrons. The van der Waals surface area contributed by atoms with E-state index in [9.17, 15) is 19.2 Å². The number of nitrogens with zero attached hydrogens (tertiary/aromatic N) is 4. The summed E-state index contributed by atoms with van der Waals surface area (Å²) in [6.45, 7) is 13.1. The van der Waals surface area contributed by atoms with Gasteiger partial charge in [0.25, 0.3) is 11.8 Å². The fourth-order valence-corrected chi connectivity index (χ4v) is 6.71. The van der Waals surface area contributed by atoms with E-state index in [1.807, 2.05) is 70.5 Å². The van der Waals surface area contributed by atoms with Crippen molar-refractivity contribution in [1.82, 2.24) is 9.80 Å². The Balaban J connectivity index is 0.000000210. The monoisotopic (exact) mass is 758 g/mol. The van der Waals surface area contributed by atoms with Crippen molar-refractivity contribution in [2.75, 3.05) is 86.5 Å². The topological polar surface area (TPSA) is 138 Å². The summed E-state index contributed by atoms with van der Waals surface area (Å²) < 4.78 is 10.7. The number of nitrogens with two attached hydrogens (primary N) is 1. The zero-order chi connectivity index (χ0) is 39.4. The summed E-state index contributed by atoms with van der Waals surface area (Å²) in [7, 11) is 0. The maximum Gasteiger partial charge on any atom is 0.274 e. The minimum Gasteiger partial charge on any atom is -0.399 e. The van der Waals surface area contributed by atoms with E-state index in [0.717, 1.165) is 106 Å². The van der Waals surface area contributed by atoms with E-state index in [-0.39, 0.29) is 17.7 Å². The number of carbonyl (C=O) groups is 4. The van der Waals surface area contributed by atoms with Crippen molar-refractivity contribution in [2.24, 2.45) is 0 Å². The van der Waals surface area contributed by atoms with Gasteiger partial charge in [0, 0.05) is 74.9 Å². The Bertz CT molecular complexity index is 1580. The molecule has 2 aromatic rings.